The van der Waals surface area contributed by atoms with Gasteiger partial charge in [0.25, 0.3) is 5.91 Å². The molecule has 0 fully saturated rings. The highest BCUT2D eigenvalue weighted by Crippen LogP contribution is 2.21. The summed E-state index contributed by atoms with van der Waals surface area (Å²) in [5.41, 5.74) is 2.02. The van der Waals surface area contributed by atoms with Crippen LogP contribution in [-0.2, 0) is 0 Å². The Labute approximate surface area is 181 Å². The van der Waals surface area contributed by atoms with Gasteiger partial charge in [-0.2, -0.15) is 0 Å². The van der Waals surface area contributed by atoms with Gasteiger partial charge in [0.15, 0.2) is 5.11 Å². The molecule has 28 heavy (non-hydrogen) atoms. The third-order valence-electron chi connectivity index (χ3n) is 3.64. The van der Waals surface area contributed by atoms with Crippen molar-refractivity contribution < 1.29 is 9.21 Å². The highest BCUT2D eigenvalue weighted by atomic mass is 79.9. The lowest BCUT2D eigenvalue weighted by molar-refractivity contribution is 0.102. The summed E-state index contributed by atoms with van der Waals surface area (Å²) in [6, 6.07) is 17.2. The van der Waals surface area contributed by atoms with E-state index in [4.69, 9.17) is 16.6 Å². The molecule has 3 rings (SSSR count). The second-order valence-corrected chi connectivity index (χ2v) is 8.22. The maximum absolute atomic E-state index is 12.0. The quantitative estimate of drug-likeness (QED) is 0.242. The van der Waals surface area contributed by atoms with Gasteiger partial charge in [-0.1, -0.05) is 22.0 Å². The molecule has 0 spiro atoms. The number of hydrogen-bond acceptors (Lipinski definition) is 4. The van der Waals surface area contributed by atoms with Gasteiger partial charge in [-0.3, -0.25) is 4.79 Å². The van der Waals surface area contributed by atoms with Crippen LogP contribution in [0.3, 0.4) is 0 Å². The van der Waals surface area contributed by atoms with Crippen LogP contribution in [0.4, 0.5) is 11.4 Å². The summed E-state index contributed by atoms with van der Waals surface area (Å²) >= 11 is 10.6. The minimum Gasteiger partial charge on any atom is -0.472 e. The zero-order valence-electron chi connectivity index (χ0n) is 14.8. The summed E-state index contributed by atoms with van der Waals surface area (Å²) < 4.78 is 5.99. The standard InChI is InChI=1S/C20H18BrN3O2S2/c21-15-2-1-3-18(12-15)28-11-9-22-20(27)24-17-6-4-16(5-7-17)23-19(25)14-8-10-26-13-14/h1-8,10,12-13H,9,11H2,(H,23,25)(H2,22,24,27). The van der Waals surface area contributed by atoms with Gasteiger partial charge in [-0.25, -0.2) is 0 Å². The van der Waals surface area contributed by atoms with Crippen LogP contribution in [0.25, 0.3) is 0 Å². The van der Waals surface area contributed by atoms with Crippen LogP contribution in [0.5, 0.6) is 0 Å². The van der Waals surface area contributed by atoms with E-state index in [9.17, 15) is 4.79 Å². The van der Waals surface area contributed by atoms with Crippen molar-refractivity contribution in [3.05, 3.63) is 77.2 Å². The number of nitrogens with one attached hydrogen (secondary N) is 3. The van der Waals surface area contributed by atoms with Crippen molar-refractivity contribution in [2.75, 3.05) is 22.9 Å². The molecule has 3 N–H and O–H groups in total. The lowest BCUT2D eigenvalue weighted by atomic mass is 10.2. The van der Waals surface area contributed by atoms with E-state index in [1.807, 2.05) is 36.4 Å². The molecule has 1 aromatic heterocycles. The molecule has 0 saturated carbocycles. The largest absolute Gasteiger partial charge is 0.472 e. The third kappa shape index (κ3) is 6.40. The number of carbonyl (C=O) groups excluding carboxylic acids is 1. The van der Waals surface area contributed by atoms with Gasteiger partial charge in [0.2, 0.25) is 0 Å². The first-order valence-electron chi connectivity index (χ1n) is 8.47. The SMILES string of the molecule is O=C(Nc1ccc(NC(=S)NCCSc2cccc(Br)c2)cc1)c1ccoc1. The predicted molar refractivity (Wildman–Crippen MR) is 122 cm³/mol. The van der Waals surface area contributed by atoms with E-state index in [1.54, 1.807) is 17.8 Å². The van der Waals surface area contributed by atoms with Gasteiger partial charge in [0.05, 0.1) is 11.8 Å². The van der Waals surface area contributed by atoms with Gasteiger partial charge in [0, 0.05) is 33.0 Å². The molecule has 0 saturated heterocycles. The molecule has 144 valence electrons. The van der Waals surface area contributed by atoms with Crippen LogP contribution in [-0.4, -0.2) is 23.3 Å². The molecule has 3 aromatic rings. The zero-order chi connectivity index (χ0) is 19.8. The number of benzene rings is 2. The Kier molecular flexibility index (Phi) is 7.53. The number of thioether (sulfide) groups is 1. The van der Waals surface area contributed by atoms with Crippen molar-refractivity contribution in [2.24, 2.45) is 0 Å². The Hall–Kier alpha value is -2.29. The fraction of sp³-hybridized carbons (Fsp3) is 0.100. The molecule has 1 heterocycles. The molecule has 0 unspecified atom stereocenters. The Balaban J connectivity index is 1.39. The smallest absolute Gasteiger partial charge is 0.258 e. The minimum absolute atomic E-state index is 0.213. The number of furan rings is 1. The van der Waals surface area contributed by atoms with E-state index in [0.717, 1.165) is 22.5 Å². The molecule has 0 aliphatic carbocycles. The molecule has 8 heteroatoms. The van der Waals surface area contributed by atoms with Crippen LogP contribution in [0.1, 0.15) is 10.4 Å². The molecule has 1 amide bonds. The van der Waals surface area contributed by atoms with Gasteiger partial charge >= 0.3 is 0 Å². The van der Waals surface area contributed by atoms with Crippen LogP contribution < -0.4 is 16.0 Å². The van der Waals surface area contributed by atoms with Gasteiger partial charge in [0.1, 0.15) is 6.26 Å². The number of carbonyl (C=O) groups is 1. The fourth-order valence-electron chi connectivity index (χ4n) is 2.30. The number of halogens is 1. The first-order valence-corrected chi connectivity index (χ1v) is 10.7. The molecule has 0 aliphatic heterocycles. The number of hydrogen-bond donors (Lipinski definition) is 3. The first kappa shape index (κ1) is 20.4. The zero-order valence-corrected chi connectivity index (χ0v) is 18.0. The molecule has 5 nitrogen and oxygen atoms in total. The predicted octanol–water partition coefficient (Wildman–Crippen LogP) is 5.37. The number of amides is 1. The monoisotopic (exact) mass is 475 g/mol. The van der Waals surface area contributed by atoms with E-state index in [1.165, 1.54) is 17.4 Å². The fourth-order valence-corrected chi connectivity index (χ4v) is 3.89. The first-order chi connectivity index (χ1) is 13.6. The Morgan fingerprint density at radius 3 is 2.50 bits per heavy atom. The van der Waals surface area contributed by atoms with E-state index in [0.29, 0.717) is 16.4 Å². The second-order valence-electron chi connectivity index (χ2n) is 5.73. The summed E-state index contributed by atoms with van der Waals surface area (Å²) in [5, 5.41) is 9.69. The van der Waals surface area contributed by atoms with E-state index < -0.39 is 0 Å². The minimum atomic E-state index is -0.213. The van der Waals surface area contributed by atoms with Crippen molar-refractivity contribution in [1.29, 1.82) is 0 Å². The van der Waals surface area contributed by atoms with Crippen molar-refractivity contribution in [1.82, 2.24) is 5.32 Å². The van der Waals surface area contributed by atoms with Crippen LogP contribution in [0, 0.1) is 0 Å². The Morgan fingerprint density at radius 2 is 1.82 bits per heavy atom. The average Bonchev–Trinajstić information content (AvgIpc) is 3.22. The van der Waals surface area contributed by atoms with Crippen LogP contribution >= 0.6 is 39.9 Å². The van der Waals surface area contributed by atoms with E-state index >= 15 is 0 Å². The molecule has 0 radical (unpaired) electrons. The molecule has 0 bridgehead atoms. The second kappa shape index (κ2) is 10.3. The number of thiocarbonyl (C=S) groups is 1. The highest BCUT2D eigenvalue weighted by Gasteiger charge is 2.07. The summed E-state index contributed by atoms with van der Waals surface area (Å²) in [4.78, 5) is 13.2. The summed E-state index contributed by atoms with van der Waals surface area (Å²) in [7, 11) is 0. The maximum Gasteiger partial charge on any atom is 0.258 e. The van der Waals surface area contributed by atoms with Crippen molar-refractivity contribution in [3.8, 4) is 0 Å². The van der Waals surface area contributed by atoms with E-state index in [2.05, 4.69) is 44.0 Å². The van der Waals surface area contributed by atoms with Gasteiger partial charge in [-0.05, 0) is 60.7 Å². The van der Waals surface area contributed by atoms with Crippen LogP contribution in [0.15, 0.2) is 80.9 Å². The lowest BCUT2D eigenvalue weighted by Crippen LogP contribution is -2.30. The van der Waals surface area contributed by atoms with Crippen molar-refractivity contribution >= 4 is 62.3 Å². The van der Waals surface area contributed by atoms with Crippen LogP contribution in [0.2, 0.25) is 0 Å². The topological polar surface area (TPSA) is 66.3 Å². The summed E-state index contributed by atoms with van der Waals surface area (Å²) in [6.07, 6.45) is 2.87. The highest BCUT2D eigenvalue weighted by molar-refractivity contribution is 9.10. The van der Waals surface area contributed by atoms with Gasteiger partial charge < -0.3 is 20.4 Å². The summed E-state index contributed by atoms with van der Waals surface area (Å²) in [5.74, 6) is 0.687. The molecular formula is C20H18BrN3O2S2. The molecule has 2 aromatic carbocycles. The molecule has 0 aliphatic rings. The number of rotatable bonds is 7. The lowest BCUT2D eigenvalue weighted by Gasteiger charge is -2.11. The third-order valence-corrected chi connectivity index (χ3v) is 5.37. The Bertz CT molecular complexity index is 931. The molecular weight excluding hydrogens is 458 g/mol. The van der Waals surface area contributed by atoms with Gasteiger partial charge in [-0.15, -0.1) is 11.8 Å². The molecule has 0 atom stereocenters. The van der Waals surface area contributed by atoms with Crippen molar-refractivity contribution in [3.63, 3.8) is 0 Å². The maximum atomic E-state index is 12.0. The van der Waals surface area contributed by atoms with E-state index in [-0.39, 0.29) is 5.91 Å². The Morgan fingerprint density at radius 1 is 1.07 bits per heavy atom. The average molecular weight is 476 g/mol. The number of anilines is 2. The van der Waals surface area contributed by atoms with Crippen molar-refractivity contribution in [2.45, 2.75) is 4.90 Å². The summed E-state index contributed by atoms with van der Waals surface area (Å²) in [6.45, 7) is 0.752. The normalized spacial score (nSPS) is 10.3.